The molecule has 2 N–H and O–H groups in total. The summed E-state index contributed by atoms with van der Waals surface area (Å²) in [5, 5.41) is 0. The van der Waals surface area contributed by atoms with Gasteiger partial charge in [0.15, 0.2) is 0 Å². The van der Waals surface area contributed by atoms with Gasteiger partial charge < -0.3 is 10.6 Å². The largest absolute Gasteiger partial charge is 0.384 e. The van der Waals surface area contributed by atoms with Crippen molar-refractivity contribution in [3.63, 3.8) is 0 Å². The normalized spacial score (nSPS) is 23.1. The van der Waals surface area contributed by atoms with Crippen LogP contribution in [0.25, 0.3) is 0 Å². The minimum absolute atomic E-state index is 0.0834. The molecule has 2 atom stereocenters. The van der Waals surface area contributed by atoms with Gasteiger partial charge >= 0.3 is 0 Å². The molecule has 4 nitrogen and oxygen atoms in total. The molecule has 1 fully saturated rings. The second kappa shape index (κ2) is 5.81. The highest BCUT2D eigenvalue weighted by Gasteiger charge is 2.28. The van der Waals surface area contributed by atoms with Crippen molar-refractivity contribution in [1.82, 2.24) is 9.88 Å². The number of anilines is 1. The number of carbonyl (C=O) groups excluding carboxylic acids is 1. The third-order valence-electron chi connectivity index (χ3n) is 4.08. The number of piperidine rings is 1. The van der Waals surface area contributed by atoms with Crippen LogP contribution in [-0.2, 0) is 0 Å². The standard InChI is InChI=1S/C16H25N3O/c1-10(2)14-7-13(8-15(17)18-14)16(20)19-9-11(3)5-6-12(19)4/h7-8,10-12H,5-6,9H2,1-4H3,(H2,17,18). The molecule has 1 aliphatic heterocycles. The fourth-order valence-corrected chi connectivity index (χ4v) is 2.73. The van der Waals surface area contributed by atoms with E-state index in [1.165, 1.54) is 6.42 Å². The van der Waals surface area contributed by atoms with Gasteiger partial charge in [0.25, 0.3) is 5.91 Å². The minimum Gasteiger partial charge on any atom is -0.384 e. The molecule has 20 heavy (non-hydrogen) atoms. The Balaban J connectivity index is 2.28. The van der Waals surface area contributed by atoms with Crippen LogP contribution < -0.4 is 5.73 Å². The van der Waals surface area contributed by atoms with Gasteiger partial charge in [0.2, 0.25) is 0 Å². The molecule has 1 amide bonds. The van der Waals surface area contributed by atoms with Gasteiger partial charge in [-0.2, -0.15) is 0 Å². The van der Waals surface area contributed by atoms with Crippen LogP contribution in [0.3, 0.4) is 0 Å². The van der Waals surface area contributed by atoms with Crippen molar-refractivity contribution in [1.29, 1.82) is 0 Å². The number of nitrogens with zero attached hydrogens (tertiary/aromatic N) is 2. The summed E-state index contributed by atoms with van der Waals surface area (Å²) >= 11 is 0. The Morgan fingerprint density at radius 2 is 2.05 bits per heavy atom. The highest BCUT2D eigenvalue weighted by atomic mass is 16.2. The minimum atomic E-state index is 0.0834. The number of likely N-dealkylation sites (tertiary alicyclic amines) is 1. The van der Waals surface area contributed by atoms with Crippen molar-refractivity contribution < 1.29 is 4.79 Å². The van der Waals surface area contributed by atoms with Crippen molar-refractivity contribution in [3.05, 3.63) is 23.4 Å². The quantitative estimate of drug-likeness (QED) is 0.902. The van der Waals surface area contributed by atoms with E-state index in [1.54, 1.807) is 6.07 Å². The molecule has 0 saturated carbocycles. The summed E-state index contributed by atoms with van der Waals surface area (Å²) in [7, 11) is 0. The zero-order chi connectivity index (χ0) is 14.9. The van der Waals surface area contributed by atoms with Crippen LogP contribution >= 0.6 is 0 Å². The third-order valence-corrected chi connectivity index (χ3v) is 4.08. The summed E-state index contributed by atoms with van der Waals surface area (Å²) in [6.45, 7) is 9.27. The molecule has 0 spiro atoms. The number of aromatic nitrogens is 1. The maximum absolute atomic E-state index is 12.7. The van der Waals surface area contributed by atoms with Gasteiger partial charge in [0.05, 0.1) is 0 Å². The predicted octanol–water partition coefficient (Wildman–Crippen LogP) is 3.05. The zero-order valence-corrected chi connectivity index (χ0v) is 12.9. The van der Waals surface area contributed by atoms with Crippen molar-refractivity contribution in [3.8, 4) is 0 Å². The van der Waals surface area contributed by atoms with Gasteiger partial charge in [-0.3, -0.25) is 4.79 Å². The summed E-state index contributed by atoms with van der Waals surface area (Å²) in [6, 6.07) is 3.88. The monoisotopic (exact) mass is 275 g/mol. The van der Waals surface area contributed by atoms with Crippen LogP contribution in [0.2, 0.25) is 0 Å². The molecule has 1 saturated heterocycles. The van der Waals surface area contributed by atoms with Crippen LogP contribution in [0.1, 0.15) is 62.5 Å². The number of carbonyl (C=O) groups is 1. The fraction of sp³-hybridized carbons (Fsp3) is 0.625. The molecule has 1 aromatic rings. The van der Waals surface area contributed by atoms with Gasteiger partial charge in [-0.1, -0.05) is 20.8 Å². The van der Waals surface area contributed by atoms with Crippen molar-refractivity contribution >= 4 is 11.7 Å². The topological polar surface area (TPSA) is 59.2 Å². The van der Waals surface area contributed by atoms with E-state index in [4.69, 9.17) is 5.73 Å². The smallest absolute Gasteiger partial charge is 0.254 e. The number of pyridine rings is 1. The van der Waals surface area contributed by atoms with E-state index in [1.807, 2.05) is 11.0 Å². The number of hydrogen-bond acceptors (Lipinski definition) is 3. The van der Waals surface area contributed by atoms with E-state index < -0.39 is 0 Å². The molecule has 4 heteroatoms. The predicted molar refractivity (Wildman–Crippen MR) is 81.6 cm³/mol. The lowest BCUT2D eigenvalue weighted by atomic mass is 9.94. The van der Waals surface area contributed by atoms with Crippen molar-refractivity contribution in [2.24, 2.45) is 5.92 Å². The molecule has 1 aliphatic rings. The van der Waals surface area contributed by atoms with Crippen LogP contribution in [0.5, 0.6) is 0 Å². The lowest BCUT2D eigenvalue weighted by Gasteiger charge is -2.37. The Morgan fingerprint density at radius 3 is 2.70 bits per heavy atom. The van der Waals surface area contributed by atoms with E-state index in [-0.39, 0.29) is 11.8 Å². The molecule has 110 valence electrons. The molecule has 0 radical (unpaired) electrons. The van der Waals surface area contributed by atoms with Crippen LogP contribution in [0, 0.1) is 5.92 Å². The first-order valence-electron chi connectivity index (χ1n) is 7.47. The van der Waals surface area contributed by atoms with Gasteiger partial charge in [-0.15, -0.1) is 0 Å². The number of nitrogens with two attached hydrogens (primary N) is 1. The Kier molecular flexibility index (Phi) is 4.31. The first-order valence-corrected chi connectivity index (χ1v) is 7.47. The molecule has 2 unspecified atom stereocenters. The molecule has 2 heterocycles. The average molecular weight is 275 g/mol. The summed E-state index contributed by atoms with van der Waals surface area (Å²) in [5.74, 6) is 1.35. The molecule has 1 aromatic heterocycles. The van der Waals surface area contributed by atoms with Gasteiger partial charge in [0.1, 0.15) is 5.82 Å². The van der Waals surface area contributed by atoms with Crippen molar-refractivity contribution in [2.75, 3.05) is 12.3 Å². The first-order chi connectivity index (χ1) is 9.38. The summed E-state index contributed by atoms with van der Waals surface area (Å²) in [4.78, 5) is 19.0. The Hall–Kier alpha value is -1.58. The number of hydrogen-bond donors (Lipinski definition) is 1. The highest BCUT2D eigenvalue weighted by molar-refractivity contribution is 5.95. The average Bonchev–Trinajstić information content (AvgIpc) is 2.40. The van der Waals surface area contributed by atoms with E-state index in [0.717, 1.165) is 18.7 Å². The van der Waals surface area contributed by atoms with Gasteiger partial charge in [0, 0.05) is 23.8 Å². The maximum atomic E-state index is 12.7. The Morgan fingerprint density at radius 1 is 1.35 bits per heavy atom. The van der Waals surface area contributed by atoms with Crippen molar-refractivity contribution in [2.45, 2.75) is 52.5 Å². The number of amides is 1. The van der Waals surface area contributed by atoms with Crippen LogP contribution in [0.4, 0.5) is 5.82 Å². The first kappa shape index (κ1) is 14.8. The van der Waals surface area contributed by atoms with E-state index in [0.29, 0.717) is 23.3 Å². The lowest BCUT2D eigenvalue weighted by molar-refractivity contribution is 0.0574. The number of rotatable bonds is 2. The zero-order valence-electron chi connectivity index (χ0n) is 12.9. The highest BCUT2D eigenvalue weighted by Crippen LogP contribution is 2.24. The van der Waals surface area contributed by atoms with Crippen LogP contribution in [-0.4, -0.2) is 28.4 Å². The third kappa shape index (κ3) is 3.11. The molecule has 2 rings (SSSR count). The van der Waals surface area contributed by atoms with Gasteiger partial charge in [-0.05, 0) is 43.7 Å². The van der Waals surface area contributed by atoms with E-state index in [9.17, 15) is 4.79 Å². The summed E-state index contributed by atoms with van der Waals surface area (Å²) in [6.07, 6.45) is 2.27. The maximum Gasteiger partial charge on any atom is 0.254 e. The second-order valence-corrected chi connectivity index (χ2v) is 6.35. The lowest BCUT2D eigenvalue weighted by Crippen LogP contribution is -2.45. The Labute approximate surface area is 121 Å². The molecule has 0 aromatic carbocycles. The van der Waals surface area contributed by atoms with E-state index >= 15 is 0 Å². The summed E-state index contributed by atoms with van der Waals surface area (Å²) < 4.78 is 0. The molecular weight excluding hydrogens is 250 g/mol. The Bertz CT molecular complexity index is 498. The molecule has 0 bridgehead atoms. The summed E-state index contributed by atoms with van der Waals surface area (Å²) in [5.41, 5.74) is 7.39. The number of nitrogen functional groups attached to an aromatic ring is 1. The van der Waals surface area contributed by atoms with E-state index in [2.05, 4.69) is 32.7 Å². The fourth-order valence-electron chi connectivity index (χ4n) is 2.73. The SMILES string of the molecule is CC1CCC(C)N(C(=O)c2cc(N)nc(C(C)C)c2)C1. The second-order valence-electron chi connectivity index (χ2n) is 6.35. The van der Waals surface area contributed by atoms with Gasteiger partial charge in [-0.25, -0.2) is 4.98 Å². The molecule has 0 aliphatic carbocycles. The molecular formula is C16H25N3O. The van der Waals surface area contributed by atoms with Crippen LogP contribution in [0.15, 0.2) is 12.1 Å².